The van der Waals surface area contributed by atoms with Gasteiger partial charge >= 0.3 is 127 Å². The monoisotopic (exact) mass is 370 g/mol. The summed E-state index contributed by atoms with van der Waals surface area (Å²) in [4.78, 5) is 0. The first kappa shape index (κ1) is 19.9. The minimum atomic E-state index is -4.72. The molecule has 0 saturated heterocycles. The Balaban J connectivity index is 5.21. The van der Waals surface area contributed by atoms with E-state index in [1.807, 2.05) is 0 Å². The van der Waals surface area contributed by atoms with Crippen LogP contribution in [0.4, 0.5) is 0 Å². The van der Waals surface area contributed by atoms with E-state index in [9.17, 15) is 6.37 Å². The van der Waals surface area contributed by atoms with Crippen LogP contribution in [0.5, 0.6) is 0 Å². The van der Waals surface area contributed by atoms with E-state index in [4.69, 9.17) is 5.32 Å². The maximum absolute atomic E-state index is 9.95. The Hall–Kier alpha value is 0.940. The fraction of sp³-hybridized carbons (Fsp3) is 1.00. The van der Waals surface area contributed by atoms with E-state index in [-0.39, 0.29) is 0 Å². The second-order valence-electron chi connectivity index (χ2n) is 6.83. The van der Waals surface area contributed by atoms with Crippen molar-refractivity contribution in [3.8, 4) is 0 Å². The van der Waals surface area contributed by atoms with Gasteiger partial charge in [-0.15, -0.1) is 0 Å². The van der Waals surface area contributed by atoms with Gasteiger partial charge in [0.15, 0.2) is 0 Å². The van der Waals surface area contributed by atoms with E-state index in [0.29, 0.717) is 17.8 Å². The van der Waals surface area contributed by atoms with Crippen LogP contribution in [0.2, 0.25) is 18.1 Å². The van der Waals surface area contributed by atoms with Crippen LogP contribution in [0.1, 0.15) is 41.5 Å². The Labute approximate surface area is 126 Å². The standard InChI is InChI=1S/C12H27OSi.CH3O.2H2O.Zr/c1-10(2)7-14(13,8-11(3)4)9-12(5)6;1-2;;;/h10-12H,7-9H2,1-6H3;1H3;2*1H2;/q2*-1;;;+4/p-2. The van der Waals surface area contributed by atoms with Gasteiger partial charge in [0, 0.05) is 0 Å². The molecule has 0 aromatic heterocycles. The molecule has 116 valence electrons. The van der Waals surface area contributed by atoms with Gasteiger partial charge in [-0.05, 0) is 0 Å². The van der Waals surface area contributed by atoms with Crippen molar-refractivity contribution in [2.45, 2.75) is 59.7 Å². The molecule has 0 fully saturated rings. The molecule has 4 nitrogen and oxygen atoms in total. The molecule has 0 heterocycles. The Morgan fingerprint density at radius 2 is 1.16 bits per heavy atom. The SMILES string of the molecule is C[O][Zr]([OH])([OH])[O][Si](CC(C)C)(CC(C)C)CC(C)C. The van der Waals surface area contributed by atoms with Crippen LogP contribution in [0.15, 0.2) is 0 Å². The average Bonchev–Trinajstić information content (AvgIpc) is 2.12. The van der Waals surface area contributed by atoms with Crippen LogP contribution in [-0.2, 0) is 27.3 Å². The molecule has 0 radical (unpaired) electrons. The molecule has 0 aliphatic carbocycles. The van der Waals surface area contributed by atoms with Gasteiger partial charge < -0.3 is 0 Å². The summed E-state index contributed by atoms with van der Waals surface area (Å²) in [6.45, 7) is 13.0. The molecule has 0 aromatic rings. The number of rotatable bonds is 9. The second kappa shape index (κ2) is 8.40. The summed E-state index contributed by atoms with van der Waals surface area (Å²) in [5, 5.41) is 0. The zero-order chi connectivity index (χ0) is 15.3. The van der Waals surface area contributed by atoms with Gasteiger partial charge in [0.25, 0.3) is 0 Å². The van der Waals surface area contributed by atoms with Crippen molar-refractivity contribution >= 4 is 8.32 Å². The predicted octanol–water partition coefficient (Wildman–Crippen LogP) is 3.36. The van der Waals surface area contributed by atoms with Gasteiger partial charge in [-0.3, -0.25) is 0 Å². The number of hydrogen-bond acceptors (Lipinski definition) is 4. The third-order valence-corrected chi connectivity index (χ3v) is 14.8. The Morgan fingerprint density at radius 3 is 1.37 bits per heavy atom. The summed E-state index contributed by atoms with van der Waals surface area (Å²) in [5.74, 6) is 1.51. The predicted molar refractivity (Wildman–Crippen MR) is 77.2 cm³/mol. The fourth-order valence-electron chi connectivity index (χ4n) is 2.93. The zero-order valence-corrected chi connectivity index (χ0v) is 17.0. The van der Waals surface area contributed by atoms with Crippen molar-refractivity contribution < 1.29 is 33.7 Å². The van der Waals surface area contributed by atoms with Crippen LogP contribution in [0, 0.1) is 17.8 Å². The van der Waals surface area contributed by atoms with Crippen LogP contribution in [0.3, 0.4) is 0 Å². The normalized spacial score (nSPS) is 13.9. The van der Waals surface area contributed by atoms with Crippen LogP contribution < -0.4 is 0 Å². The molecule has 6 heteroatoms. The first-order chi connectivity index (χ1) is 8.52. The molecular formula is C13H32O4SiZr. The topological polar surface area (TPSA) is 58.9 Å². The zero-order valence-electron chi connectivity index (χ0n) is 13.6. The molecule has 0 rings (SSSR count). The molecule has 19 heavy (non-hydrogen) atoms. The van der Waals surface area contributed by atoms with Gasteiger partial charge in [-0.1, -0.05) is 0 Å². The third-order valence-electron chi connectivity index (χ3n) is 2.96. The van der Waals surface area contributed by atoms with E-state index >= 15 is 0 Å². The molecule has 2 N–H and O–H groups in total. The van der Waals surface area contributed by atoms with Crippen molar-refractivity contribution in [2.75, 3.05) is 7.11 Å². The third kappa shape index (κ3) is 8.74. The quantitative estimate of drug-likeness (QED) is 0.610. The molecular weight excluding hydrogens is 339 g/mol. The first-order valence-electron chi connectivity index (χ1n) is 7.22. The summed E-state index contributed by atoms with van der Waals surface area (Å²) in [7, 11) is -0.830. The Bertz CT molecular complexity index is 230. The number of hydrogen-bond donors (Lipinski definition) is 2. The van der Waals surface area contributed by atoms with Gasteiger partial charge in [0.1, 0.15) is 0 Å². The van der Waals surface area contributed by atoms with Gasteiger partial charge in [0.05, 0.1) is 0 Å². The summed E-state index contributed by atoms with van der Waals surface area (Å²) in [6, 6.07) is 2.89. The first-order valence-corrected chi connectivity index (χ1v) is 14.0. The van der Waals surface area contributed by atoms with Gasteiger partial charge in [-0.25, -0.2) is 0 Å². The van der Waals surface area contributed by atoms with Gasteiger partial charge in [-0.2, -0.15) is 0 Å². The maximum atomic E-state index is 9.95. The van der Waals surface area contributed by atoms with E-state index < -0.39 is 30.3 Å². The van der Waals surface area contributed by atoms with E-state index in [2.05, 4.69) is 41.5 Å². The molecule has 0 amide bonds. The van der Waals surface area contributed by atoms with Crippen molar-refractivity contribution in [3.05, 3.63) is 0 Å². The van der Waals surface area contributed by atoms with Crippen LogP contribution in [-0.4, -0.2) is 21.8 Å². The van der Waals surface area contributed by atoms with Crippen molar-refractivity contribution in [1.82, 2.24) is 0 Å². The van der Waals surface area contributed by atoms with Crippen molar-refractivity contribution in [3.63, 3.8) is 0 Å². The molecule has 0 aliphatic rings. The molecule has 0 spiro atoms. The summed E-state index contributed by atoms with van der Waals surface area (Å²) in [5.41, 5.74) is 0. The molecule has 0 saturated carbocycles. The second-order valence-corrected chi connectivity index (χ2v) is 15.8. The summed E-state index contributed by atoms with van der Waals surface area (Å²) in [6.07, 6.45) is 0. The minimum absolute atomic E-state index is 0.503. The Kier molecular flexibility index (Phi) is 8.81. The molecule has 0 unspecified atom stereocenters. The molecule has 0 atom stereocenters. The molecule has 0 aliphatic heterocycles. The molecule has 0 bridgehead atoms. The van der Waals surface area contributed by atoms with E-state index in [1.165, 1.54) is 7.11 Å². The van der Waals surface area contributed by atoms with E-state index in [1.54, 1.807) is 0 Å². The average molecular weight is 372 g/mol. The Morgan fingerprint density at radius 1 is 0.842 bits per heavy atom. The van der Waals surface area contributed by atoms with E-state index in [0.717, 1.165) is 18.1 Å². The van der Waals surface area contributed by atoms with Crippen molar-refractivity contribution in [1.29, 1.82) is 0 Å². The van der Waals surface area contributed by atoms with Gasteiger partial charge in [0.2, 0.25) is 0 Å². The van der Waals surface area contributed by atoms with Crippen LogP contribution in [0.25, 0.3) is 0 Å². The van der Waals surface area contributed by atoms with Crippen molar-refractivity contribution in [2.24, 2.45) is 17.8 Å². The summed E-state index contributed by atoms with van der Waals surface area (Å²) >= 11 is -4.72. The molecule has 0 aromatic carbocycles. The summed E-state index contributed by atoms with van der Waals surface area (Å²) < 4.78 is 30.7. The van der Waals surface area contributed by atoms with Crippen LogP contribution >= 0.6 is 0 Å². The fourth-order valence-corrected chi connectivity index (χ4v) is 15.4.